The molecule has 0 saturated heterocycles. The number of nitrogens with one attached hydrogen (secondary N) is 1. The molecule has 0 heterocycles. The number of hydrogen-bond acceptors (Lipinski definition) is 3. The fraction of sp³-hybridized carbons (Fsp3) is 0.733. The Bertz CT molecular complexity index is 300. The van der Waals surface area contributed by atoms with Crippen LogP contribution < -0.4 is 5.32 Å². The van der Waals surface area contributed by atoms with Crippen molar-refractivity contribution >= 4 is 11.9 Å². The lowest BCUT2D eigenvalue weighted by atomic mass is 10.0. The highest BCUT2D eigenvalue weighted by Gasteiger charge is 2.24. The highest BCUT2D eigenvalue weighted by atomic mass is 16.5. The maximum absolute atomic E-state index is 11.6. The third-order valence-corrected chi connectivity index (χ3v) is 3.00. The second-order valence-electron chi connectivity index (χ2n) is 4.84. The topological polar surface area (TPSA) is 55.4 Å². The molecular formula is C15H27NO3. The largest absolute Gasteiger partial charge is 0.467 e. The second-order valence-corrected chi connectivity index (χ2v) is 4.84. The Labute approximate surface area is 116 Å². The molecule has 1 amide bonds. The molecule has 0 aromatic heterocycles. The van der Waals surface area contributed by atoms with Crippen molar-refractivity contribution in [3.63, 3.8) is 0 Å². The molecule has 0 unspecified atom stereocenters. The number of hydrogen-bond donors (Lipinski definition) is 1. The van der Waals surface area contributed by atoms with Crippen molar-refractivity contribution < 1.29 is 14.3 Å². The molecule has 0 radical (unpaired) electrons. The van der Waals surface area contributed by atoms with E-state index >= 15 is 0 Å². The van der Waals surface area contributed by atoms with Crippen LogP contribution >= 0.6 is 0 Å². The van der Waals surface area contributed by atoms with Crippen LogP contribution in [0.4, 0.5) is 0 Å². The van der Waals surface area contributed by atoms with Gasteiger partial charge in [0.25, 0.3) is 0 Å². The van der Waals surface area contributed by atoms with Gasteiger partial charge < -0.3 is 10.1 Å². The van der Waals surface area contributed by atoms with Crippen molar-refractivity contribution in [1.29, 1.82) is 0 Å². The fourth-order valence-corrected chi connectivity index (χ4v) is 1.86. The molecule has 19 heavy (non-hydrogen) atoms. The highest BCUT2D eigenvalue weighted by Crippen LogP contribution is 2.09. The lowest BCUT2D eigenvalue weighted by molar-refractivity contribution is -0.145. The maximum atomic E-state index is 11.6. The number of amides is 1. The van der Waals surface area contributed by atoms with Crippen LogP contribution in [0, 0.1) is 5.92 Å². The Morgan fingerprint density at radius 1 is 1.26 bits per heavy atom. The van der Waals surface area contributed by atoms with Crippen LogP contribution in [0.5, 0.6) is 0 Å². The van der Waals surface area contributed by atoms with Crippen molar-refractivity contribution in [1.82, 2.24) is 5.32 Å². The van der Waals surface area contributed by atoms with Crippen molar-refractivity contribution in [3.05, 3.63) is 12.2 Å². The molecule has 0 rings (SSSR count). The average molecular weight is 269 g/mol. The predicted octanol–water partition coefficient (Wildman–Crippen LogP) is 2.83. The molecule has 0 bridgehead atoms. The van der Waals surface area contributed by atoms with E-state index in [-0.39, 0.29) is 11.8 Å². The molecule has 0 spiro atoms. The lowest BCUT2D eigenvalue weighted by Gasteiger charge is -2.19. The molecule has 0 aromatic rings. The van der Waals surface area contributed by atoms with E-state index in [9.17, 15) is 9.59 Å². The first-order valence-electron chi connectivity index (χ1n) is 7.04. The molecule has 0 aliphatic carbocycles. The number of carbonyl (C=O) groups is 2. The zero-order valence-electron chi connectivity index (χ0n) is 12.6. The number of rotatable bonds is 9. The molecular weight excluding hydrogens is 242 g/mol. The summed E-state index contributed by atoms with van der Waals surface area (Å²) in [6.07, 6.45) is 9.97. The summed E-state index contributed by atoms with van der Waals surface area (Å²) in [7, 11) is 1.33. The van der Waals surface area contributed by atoms with E-state index in [0.29, 0.717) is 0 Å². The summed E-state index contributed by atoms with van der Waals surface area (Å²) < 4.78 is 4.71. The average Bonchev–Trinajstić information content (AvgIpc) is 2.38. The van der Waals surface area contributed by atoms with Crippen LogP contribution in [0.25, 0.3) is 0 Å². The van der Waals surface area contributed by atoms with E-state index < -0.39 is 12.0 Å². The molecule has 0 aromatic carbocycles. The summed E-state index contributed by atoms with van der Waals surface area (Å²) >= 11 is 0. The first-order chi connectivity index (χ1) is 9.02. The van der Waals surface area contributed by atoms with Gasteiger partial charge in [0.1, 0.15) is 6.04 Å². The molecule has 4 nitrogen and oxygen atoms in total. The summed E-state index contributed by atoms with van der Waals surface area (Å²) in [5.41, 5.74) is 0. The molecule has 0 aliphatic heterocycles. The molecule has 110 valence electrons. The molecule has 0 aliphatic rings. The number of allylic oxidation sites excluding steroid dienone is 1. The van der Waals surface area contributed by atoms with Gasteiger partial charge in [-0.3, -0.25) is 4.79 Å². The minimum Gasteiger partial charge on any atom is -0.467 e. The smallest absolute Gasteiger partial charge is 0.328 e. The minimum atomic E-state index is -0.602. The van der Waals surface area contributed by atoms with Crippen LogP contribution in [0.3, 0.4) is 0 Å². The number of ether oxygens (including phenoxy) is 1. The summed E-state index contributed by atoms with van der Waals surface area (Å²) in [5.74, 6) is -0.695. The summed E-state index contributed by atoms with van der Waals surface area (Å²) in [5, 5.41) is 2.63. The van der Waals surface area contributed by atoms with Gasteiger partial charge in [0, 0.05) is 12.8 Å². The van der Waals surface area contributed by atoms with Gasteiger partial charge >= 0.3 is 5.97 Å². The third-order valence-electron chi connectivity index (χ3n) is 3.00. The number of carbonyl (C=O) groups excluding carboxylic acids is 2. The predicted molar refractivity (Wildman–Crippen MR) is 76.7 cm³/mol. The van der Waals surface area contributed by atoms with Crippen molar-refractivity contribution in [2.24, 2.45) is 5.92 Å². The van der Waals surface area contributed by atoms with Crippen LogP contribution in [-0.2, 0) is 14.3 Å². The van der Waals surface area contributed by atoms with Crippen LogP contribution in [0.2, 0.25) is 0 Å². The van der Waals surface area contributed by atoms with Gasteiger partial charge in [0.15, 0.2) is 0 Å². The highest BCUT2D eigenvalue weighted by molar-refractivity contribution is 5.83. The Morgan fingerprint density at radius 2 is 1.95 bits per heavy atom. The van der Waals surface area contributed by atoms with Gasteiger partial charge in [-0.25, -0.2) is 4.79 Å². The summed E-state index contributed by atoms with van der Waals surface area (Å²) in [6, 6.07) is -0.602. The van der Waals surface area contributed by atoms with Gasteiger partial charge in [0.2, 0.25) is 5.91 Å². The Hall–Kier alpha value is -1.32. The first kappa shape index (κ1) is 17.7. The number of unbranched alkanes of at least 4 members (excludes halogenated alkanes) is 4. The monoisotopic (exact) mass is 269 g/mol. The minimum absolute atomic E-state index is 0.0671. The zero-order chi connectivity index (χ0) is 14.7. The maximum Gasteiger partial charge on any atom is 0.328 e. The second kappa shape index (κ2) is 10.6. The van der Waals surface area contributed by atoms with Crippen molar-refractivity contribution in [2.45, 2.75) is 58.9 Å². The standard InChI is InChI=1S/C15H27NO3/c1-5-6-7-8-9-10-11-12(2)14(15(18)19-4)16-13(3)17/h10-12,14H,5-9H2,1-4H3,(H,16,17)/b11-10+/t12-,14+/m0/s1. The normalized spacial score (nSPS) is 14.1. The fourth-order valence-electron chi connectivity index (χ4n) is 1.86. The van der Waals surface area contributed by atoms with Gasteiger partial charge in [-0.1, -0.05) is 45.3 Å². The van der Waals surface area contributed by atoms with Gasteiger partial charge in [0.05, 0.1) is 7.11 Å². The SMILES string of the molecule is CCCCCC/C=C/[C@H](C)[C@@H](NC(C)=O)C(=O)OC. The molecule has 4 heteroatoms. The first-order valence-corrected chi connectivity index (χ1v) is 7.04. The molecule has 0 fully saturated rings. The quantitative estimate of drug-likeness (QED) is 0.398. The Balaban J connectivity index is 4.23. The Morgan fingerprint density at radius 3 is 2.47 bits per heavy atom. The van der Waals surface area contributed by atoms with Gasteiger partial charge in [-0.2, -0.15) is 0 Å². The van der Waals surface area contributed by atoms with Gasteiger partial charge in [-0.05, 0) is 12.8 Å². The van der Waals surface area contributed by atoms with Crippen LogP contribution in [0.1, 0.15) is 52.9 Å². The van der Waals surface area contributed by atoms with E-state index in [2.05, 4.69) is 18.3 Å². The lowest BCUT2D eigenvalue weighted by Crippen LogP contribution is -2.44. The van der Waals surface area contributed by atoms with E-state index in [0.717, 1.165) is 6.42 Å². The summed E-state index contributed by atoms with van der Waals surface area (Å²) in [6.45, 7) is 5.49. The number of esters is 1. The van der Waals surface area contributed by atoms with E-state index in [1.165, 1.54) is 39.7 Å². The van der Waals surface area contributed by atoms with E-state index in [4.69, 9.17) is 4.74 Å². The van der Waals surface area contributed by atoms with Crippen LogP contribution in [-0.4, -0.2) is 25.0 Å². The van der Waals surface area contributed by atoms with Gasteiger partial charge in [-0.15, -0.1) is 0 Å². The number of methoxy groups -OCH3 is 1. The van der Waals surface area contributed by atoms with E-state index in [1.807, 2.05) is 13.0 Å². The van der Waals surface area contributed by atoms with Crippen molar-refractivity contribution in [3.8, 4) is 0 Å². The molecule has 2 atom stereocenters. The van der Waals surface area contributed by atoms with Crippen LogP contribution in [0.15, 0.2) is 12.2 Å². The molecule has 0 saturated carbocycles. The summed E-state index contributed by atoms with van der Waals surface area (Å²) in [4.78, 5) is 22.7. The Kier molecular flexibility index (Phi) is 9.85. The van der Waals surface area contributed by atoms with Crippen molar-refractivity contribution in [2.75, 3.05) is 7.11 Å². The van der Waals surface area contributed by atoms with E-state index in [1.54, 1.807) is 0 Å². The molecule has 1 N–H and O–H groups in total. The third kappa shape index (κ3) is 8.41. The zero-order valence-corrected chi connectivity index (χ0v) is 12.6.